The third-order valence-electron chi connectivity index (χ3n) is 3.35. The zero-order chi connectivity index (χ0) is 15.8. The monoisotopic (exact) mass is 306 g/mol. The van der Waals surface area contributed by atoms with Gasteiger partial charge in [-0.15, -0.1) is 0 Å². The third kappa shape index (κ3) is 3.34. The van der Waals surface area contributed by atoms with Crippen molar-refractivity contribution in [2.75, 3.05) is 5.73 Å². The summed E-state index contributed by atoms with van der Waals surface area (Å²) in [6.07, 6.45) is 0. The Bertz CT molecular complexity index is 799. The van der Waals surface area contributed by atoms with E-state index in [1.165, 1.54) is 6.07 Å². The highest BCUT2D eigenvalue weighted by molar-refractivity contribution is 7.89. The van der Waals surface area contributed by atoms with Crippen molar-refractivity contribution >= 4 is 15.7 Å². The molecule has 0 spiro atoms. The van der Waals surface area contributed by atoms with Crippen LogP contribution >= 0.6 is 0 Å². The molecule has 0 aliphatic rings. The maximum atomic E-state index is 11.6. The first kappa shape index (κ1) is 15.3. The van der Waals surface area contributed by atoms with Crippen LogP contribution in [0.3, 0.4) is 0 Å². The average molecular weight is 306 g/mol. The van der Waals surface area contributed by atoms with Crippen LogP contribution in [-0.4, -0.2) is 8.42 Å². The molecule has 0 amide bonds. The number of primary sulfonamides is 1. The highest BCUT2D eigenvalue weighted by Crippen LogP contribution is 2.32. The second-order valence-corrected chi connectivity index (χ2v) is 6.57. The molecule has 0 radical (unpaired) electrons. The van der Waals surface area contributed by atoms with E-state index in [4.69, 9.17) is 15.6 Å². The van der Waals surface area contributed by atoms with Crippen LogP contribution in [0.15, 0.2) is 35.2 Å². The highest BCUT2D eigenvalue weighted by atomic mass is 32.2. The molecule has 5 nitrogen and oxygen atoms in total. The Kier molecular flexibility index (Phi) is 3.93. The van der Waals surface area contributed by atoms with Crippen molar-refractivity contribution in [2.24, 2.45) is 5.14 Å². The minimum absolute atomic E-state index is 0.0265. The highest BCUT2D eigenvalue weighted by Gasteiger charge is 2.17. The summed E-state index contributed by atoms with van der Waals surface area (Å²) in [7, 11) is -3.85. The van der Waals surface area contributed by atoms with Crippen LogP contribution < -0.4 is 15.6 Å². The molecule has 0 unspecified atom stereocenters. The Morgan fingerprint density at radius 2 is 1.67 bits per heavy atom. The van der Waals surface area contributed by atoms with Crippen LogP contribution in [0.2, 0.25) is 0 Å². The average Bonchev–Trinajstić information content (AvgIpc) is 2.36. The van der Waals surface area contributed by atoms with Gasteiger partial charge in [-0.3, -0.25) is 0 Å². The Morgan fingerprint density at radius 1 is 1.00 bits per heavy atom. The number of sulfonamides is 1. The number of hydrogen-bond acceptors (Lipinski definition) is 4. The van der Waals surface area contributed by atoms with E-state index >= 15 is 0 Å². The van der Waals surface area contributed by atoms with Gasteiger partial charge in [0.25, 0.3) is 0 Å². The molecule has 4 N–H and O–H groups in total. The van der Waals surface area contributed by atoms with Crippen LogP contribution in [-0.2, 0) is 10.0 Å². The summed E-state index contributed by atoms with van der Waals surface area (Å²) in [4.78, 5) is -0.0265. The third-order valence-corrected chi connectivity index (χ3v) is 4.38. The van der Waals surface area contributed by atoms with Gasteiger partial charge < -0.3 is 10.5 Å². The van der Waals surface area contributed by atoms with Crippen molar-refractivity contribution in [2.45, 2.75) is 25.7 Å². The van der Waals surface area contributed by atoms with Gasteiger partial charge in [0.15, 0.2) is 0 Å². The lowest BCUT2D eigenvalue weighted by molar-refractivity contribution is 0.476. The standard InChI is InChI=1S/C15H18N2O3S/c1-9-4-5-13(6-10(9)2)20-14-7-12(16)8-15(11(14)3)21(17,18)19/h4-8H,16H2,1-3H3,(H2,17,18,19). The zero-order valence-electron chi connectivity index (χ0n) is 12.2. The van der Waals surface area contributed by atoms with Gasteiger partial charge in [0.1, 0.15) is 11.5 Å². The van der Waals surface area contributed by atoms with Gasteiger partial charge in [-0.2, -0.15) is 0 Å². The molecule has 0 aliphatic heterocycles. The Labute approximate surface area is 124 Å². The molecule has 0 saturated heterocycles. The van der Waals surface area contributed by atoms with E-state index in [2.05, 4.69) is 0 Å². The van der Waals surface area contributed by atoms with Gasteiger partial charge >= 0.3 is 0 Å². The molecule has 21 heavy (non-hydrogen) atoms. The van der Waals surface area contributed by atoms with Crippen LogP contribution in [0.5, 0.6) is 11.5 Å². The van der Waals surface area contributed by atoms with Crippen LogP contribution in [0.1, 0.15) is 16.7 Å². The number of rotatable bonds is 3. The number of benzene rings is 2. The van der Waals surface area contributed by atoms with Crippen molar-refractivity contribution in [3.8, 4) is 11.5 Å². The van der Waals surface area contributed by atoms with Crippen molar-refractivity contribution < 1.29 is 13.2 Å². The van der Waals surface area contributed by atoms with E-state index in [1.54, 1.807) is 13.0 Å². The second kappa shape index (κ2) is 5.38. The number of hydrogen-bond donors (Lipinski definition) is 2. The summed E-state index contributed by atoms with van der Waals surface area (Å²) >= 11 is 0. The maximum Gasteiger partial charge on any atom is 0.238 e. The Morgan fingerprint density at radius 3 is 2.24 bits per heavy atom. The molecule has 2 rings (SSSR count). The lowest BCUT2D eigenvalue weighted by atomic mass is 10.1. The molecule has 0 saturated carbocycles. The number of ether oxygens (including phenoxy) is 1. The van der Waals surface area contributed by atoms with Crippen LogP contribution in [0.25, 0.3) is 0 Å². The summed E-state index contributed by atoms with van der Waals surface area (Å²) < 4.78 is 28.9. The second-order valence-electron chi connectivity index (χ2n) is 5.04. The molecule has 0 bridgehead atoms. The van der Waals surface area contributed by atoms with E-state index < -0.39 is 10.0 Å². The quantitative estimate of drug-likeness (QED) is 0.852. The lowest BCUT2D eigenvalue weighted by Gasteiger charge is -2.13. The van der Waals surface area contributed by atoms with E-state index in [0.29, 0.717) is 17.1 Å². The molecule has 0 aromatic heterocycles. The predicted octanol–water partition coefficient (Wildman–Crippen LogP) is 2.63. The van der Waals surface area contributed by atoms with Gasteiger partial charge in [0, 0.05) is 17.3 Å². The normalized spacial score (nSPS) is 11.4. The van der Waals surface area contributed by atoms with E-state index in [9.17, 15) is 8.42 Å². The molecule has 0 heterocycles. The fourth-order valence-corrected chi connectivity index (χ4v) is 2.82. The largest absolute Gasteiger partial charge is 0.457 e. The van der Waals surface area contributed by atoms with Gasteiger partial charge in [-0.05, 0) is 50.1 Å². The predicted molar refractivity (Wildman–Crippen MR) is 83.0 cm³/mol. The number of nitrogens with two attached hydrogens (primary N) is 2. The Hall–Kier alpha value is -2.05. The molecule has 0 aliphatic carbocycles. The van der Waals surface area contributed by atoms with Gasteiger partial charge in [-0.1, -0.05) is 6.07 Å². The minimum atomic E-state index is -3.85. The fourth-order valence-electron chi connectivity index (χ4n) is 1.99. The summed E-state index contributed by atoms with van der Waals surface area (Å²) in [5.41, 5.74) is 8.68. The molecular weight excluding hydrogens is 288 g/mol. The van der Waals surface area contributed by atoms with Crippen LogP contribution in [0.4, 0.5) is 5.69 Å². The molecule has 0 atom stereocenters. The molecule has 0 fully saturated rings. The van der Waals surface area contributed by atoms with Gasteiger partial charge in [0.05, 0.1) is 4.90 Å². The van der Waals surface area contributed by atoms with Gasteiger partial charge in [-0.25, -0.2) is 13.6 Å². The summed E-state index contributed by atoms with van der Waals surface area (Å²) in [5.74, 6) is 0.995. The van der Waals surface area contributed by atoms with E-state index in [1.807, 2.05) is 32.0 Å². The van der Waals surface area contributed by atoms with Crippen molar-refractivity contribution in [3.05, 3.63) is 47.0 Å². The lowest BCUT2D eigenvalue weighted by Crippen LogP contribution is -2.14. The zero-order valence-corrected chi connectivity index (χ0v) is 13.0. The van der Waals surface area contributed by atoms with Crippen molar-refractivity contribution in [1.29, 1.82) is 0 Å². The van der Waals surface area contributed by atoms with Crippen molar-refractivity contribution in [1.82, 2.24) is 0 Å². The number of nitrogen functional groups attached to an aromatic ring is 1. The maximum absolute atomic E-state index is 11.6. The van der Waals surface area contributed by atoms with E-state index in [0.717, 1.165) is 11.1 Å². The smallest absolute Gasteiger partial charge is 0.238 e. The first-order valence-corrected chi connectivity index (χ1v) is 7.91. The Balaban J connectivity index is 2.49. The number of aryl methyl sites for hydroxylation is 2. The van der Waals surface area contributed by atoms with Crippen molar-refractivity contribution in [3.63, 3.8) is 0 Å². The topological polar surface area (TPSA) is 95.4 Å². The summed E-state index contributed by atoms with van der Waals surface area (Å²) in [5, 5.41) is 5.19. The molecular formula is C15H18N2O3S. The first-order valence-electron chi connectivity index (χ1n) is 6.36. The van der Waals surface area contributed by atoms with Crippen LogP contribution in [0, 0.1) is 20.8 Å². The number of anilines is 1. The summed E-state index contributed by atoms with van der Waals surface area (Å²) in [6, 6.07) is 8.56. The minimum Gasteiger partial charge on any atom is -0.457 e. The van der Waals surface area contributed by atoms with Gasteiger partial charge in [0.2, 0.25) is 10.0 Å². The fraction of sp³-hybridized carbons (Fsp3) is 0.200. The summed E-state index contributed by atoms with van der Waals surface area (Å²) in [6.45, 7) is 5.61. The molecule has 6 heteroatoms. The first-order chi connectivity index (χ1) is 9.68. The molecule has 112 valence electrons. The van der Waals surface area contributed by atoms with E-state index in [-0.39, 0.29) is 10.6 Å². The SMILES string of the molecule is Cc1ccc(Oc2cc(N)cc(S(N)(=O)=O)c2C)cc1C. The molecule has 2 aromatic rings. The molecule has 2 aromatic carbocycles.